The molecule has 0 unspecified atom stereocenters. The zero-order chi connectivity index (χ0) is 25.5. The van der Waals surface area contributed by atoms with Gasteiger partial charge >= 0.3 is 5.97 Å². The molecule has 184 valence electrons. The number of carbonyl (C=O) groups excluding carboxylic acids is 3. The number of nitrogens with zero attached hydrogens (tertiary/aromatic N) is 2. The largest absolute Gasteiger partial charge is 0.497 e. The summed E-state index contributed by atoms with van der Waals surface area (Å²) in [6, 6.07) is 11.6. The van der Waals surface area contributed by atoms with Gasteiger partial charge in [0, 0.05) is 28.2 Å². The molecule has 11 nitrogen and oxygen atoms in total. The molecule has 3 aromatic rings. The lowest BCUT2D eigenvalue weighted by atomic mass is 10.1. The molecule has 1 amide bonds. The van der Waals surface area contributed by atoms with Crippen molar-refractivity contribution < 1.29 is 33.8 Å². The first-order valence-corrected chi connectivity index (χ1v) is 10.8. The maximum Gasteiger partial charge on any atom is 0.310 e. The van der Waals surface area contributed by atoms with Crippen LogP contribution in [-0.4, -0.2) is 54.3 Å². The normalized spacial score (nSPS) is 10.6. The van der Waals surface area contributed by atoms with Gasteiger partial charge in [0.15, 0.2) is 6.61 Å². The SMILES string of the molecule is COc1ccc2c(c1)c(CC(=O)OCC(=O)NCCO[N+](=O)[O-])c(C)n2C(=O)c1ccc(Cl)cc1. The summed E-state index contributed by atoms with van der Waals surface area (Å²) in [5, 5.41) is 12.6. The molecule has 0 aliphatic carbocycles. The smallest absolute Gasteiger partial charge is 0.310 e. The zero-order valence-electron chi connectivity index (χ0n) is 18.9. The maximum atomic E-state index is 13.3. The molecule has 0 spiro atoms. The molecule has 0 atom stereocenters. The van der Waals surface area contributed by atoms with E-state index in [4.69, 9.17) is 21.1 Å². The molecule has 35 heavy (non-hydrogen) atoms. The molecular formula is C23H22ClN3O8. The summed E-state index contributed by atoms with van der Waals surface area (Å²) in [5.74, 6) is -1.08. The van der Waals surface area contributed by atoms with Gasteiger partial charge in [0.1, 0.15) is 12.4 Å². The van der Waals surface area contributed by atoms with Crippen molar-refractivity contribution in [1.29, 1.82) is 0 Å². The Morgan fingerprint density at radius 2 is 1.86 bits per heavy atom. The summed E-state index contributed by atoms with van der Waals surface area (Å²) in [6.07, 6.45) is -0.200. The van der Waals surface area contributed by atoms with Gasteiger partial charge in [0.25, 0.3) is 16.9 Å². The first kappa shape index (κ1) is 25.5. The predicted molar refractivity (Wildman–Crippen MR) is 125 cm³/mol. The highest BCUT2D eigenvalue weighted by atomic mass is 35.5. The van der Waals surface area contributed by atoms with Crippen molar-refractivity contribution in [3.05, 3.63) is 74.4 Å². The topological polar surface area (TPSA) is 139 Å². The van der Waals surface area contributed by atoms with Crippen molar-refractivity contribution in [2.45, 2.75) is 13.3 Å². The number of hydrogen-bond donors (Lipinski definition) is 1. The average molecular weight is 504 g/mol. The Hall–Kier alpha value is -4.12. The van der Waals surface area contributed by atoms with E-state index in [2.05, 4.69) is 10.2 Å². The number of halogens is 1. The number of ether oxygens (including phenoxy) is 2. The fourth-order valence-electron chi connectivity index (χ4n) is 3.50. The second kappa shape index (κ2) is 11.3. The number of fused-ring (bicyclic) bond motifs is 1. The third kappa shape index (κ3) is 6.27. The standard InChI is InChI=1S/C23H22ClN3O8/c1-14-18(12-22(29)34-13-21(28)25-9-10-35-27(31)32)19-11-17(33-2)7-8-20(19)26(14)23(30)15-3-5-16(24)6-4-15/h3-8,11H,9-10,12-13H2,1-2H3,(H,25,28). The van der Waals surface area contributed by atoms with E-state index in [1.54, 1.807) is 49.4 Å². The number of carbonyl (C=O) groups is 3. The van der Waals surface area contributed by atoms with Crippen molar-refractivity contribution in [3.63, 3.8) is 0 Å². The zero-order valence-corrected chi connectivity index (χ0v) is 19.7. The molecule has 0 aliphatic rings. The molecule has 1 heterocycles. The van der Waals surface area contributed by atoms with Crippen LogP contribution in [0.25, 0.3) is 10.9 Å². The van der Waals surface area contributed by atoms with Crippen LogP contribution in [0.2, 0.25) is 5.02 Å². The molecule has 1 N–H and O–H groups in total. The van der Waals surface area contributed by atoms with Gasteiger partial charge in [-0.2, -0.15) is 0 Å². The van der Waals surface area contributed by atoms with Crippen molar-refractivity contribution in [2.75, 3.05) is 26.9 Å². The second-order valence-electron chi connectivity index (χ2n) is 7.34. The Kier molecular flexibility index (Phi) is 8.26. The van der Waals surface area contributed by atoms with Crippen LogP contribution in [0.1, 0.15) is 21.6 Å². The van der Waals surface area contributed by atoms with Crippen molar-refractivity contribution in [1.82, 2.24) is 9.88 Å². The molecule has 2 aromatic carbocycles. The van der Waals surface area contributed by atoms with Crippen LogP contribution in [0.5, 0.6) is 5.75 Å². The van der Waals surface area contributed by atoms with Crippen LogP contribution in [0.3, 0.4) is 0 Å². The minimum absolute atomic E-state index is 0.115. The van der Waals surface area contributed by atoms with E-state index in [-0.39, 0.29) is 25.5 Å². The van der Waals surface area contributed by atoms with Gasteiger partial charge in [0.05, 0.1) is 19.0 Å². The van der Waals surface area contributed by atoms with Crippen LogP contribution < -0.4 is 10.1 Å². The van der Waals surface area contributed by atoms with E-state index in [1.807, 2.05) is 0 Å². The summed E-state index contributed by atoms with van der Waals surface area (Å²) < 4.78 is 11.9. The Morgan fingerprint density at radius 3 is 2.51 bits per heavy atom. The van der Waals surface area contributed by atoms with E-state index in [0.717, 1.165) is 0 Å². The Bertz CT molecular complexity index is 1270. The number of esters is 1. The number of methoxy groups -OCH3 is 1. The van der Waals surface area contributed by atoms with Crippen molar-refractivity contribution in [3.8, 4) is 5.75 Å². The minimum atomic E-state index is -0.975. The van der Waals surface area contributed by atoms with E-state index in [9.17, 15) is 24.5 Å². The highest BCUT2D eigenvalue weighted by Crippen LogP contribution is 2.31. The predicted octanol–water partition coefficient (Wildman–Crippen LogP) is 2.71. The Balaban J connectivity index is 1.80. The lowest BCUT2D eigenvalue weighted by Gasteiger charge is -2.08. The molecular weight excluding hydrogens is 482 g/mol. The van der Waals surface area contributed by atoms with Crippen molar-refractivity contribution in [2.24, 2.45) is 0 Å². The van der Waals surface area contributed by atoms with Crippen LogP contribution in [-0.2, 0) is 25.6 Å². The summed E-state index contributed by atoms with van der Waals surface area (Å²) in [7, 11) is 1.51. The highest BCUT2D eigenvalue weighted by molar-refractivity contribution is 6.30. The summed E-state index contributed by atoms with van der Waals surface area (Å²) >= 11 is 5.94. The Labute approximate surface area is 204 Å². The fourth-order valence-corrected chi connectivity index (χ4v) is 3.62. The van der Waals surface area contributed by atoms with Gasteiger partial charge in [0.2, 0.25) is 0 Å². The number of aromatic nitrogens is 1. The summed E-state index contributed by atoms with van der Waals surface area (Å²) in [5.41, 5.74) is 2.07. The van der Waals surface area contributed by atoms with Gasteiger partial charge in [-0.3, -0.25) is 19.0 Å². The summed E-state index contributed by atoms with van der Waals surface area (Å²) in [4.78, 5) is 51.8. The average Bonchev–Trinajstić information content (AvgIpc) is 3.10. The second-order valence-corrected chi connectivity index (χ2v) is 7.78. The van der Waals surface area contributed by atoms with Gasteiger partial charge in [-0.15, -0.1) is 10.1 Å². The van der Waals surface area contributed by atoms with Gasteiger partial charge in [-0.1, -0.05) is 11.6 Å². The first-order valence-electron chi connectivity index (χ1n) is 10.4. The van der Waals surface area contributed by atoms with Gasteiger partial charge in [-0.05, 0) is 55.0 Å². The molecule has 1 aromatic heterocycles. The lowest BCUT2D eigenvalue weighted by molar-refractivity contribution is -0.757. The molecule has 0 bridgehead atoms. The monoisotopic (exact) mass is 503 g/mol. The quantitative estimate of drug-likeness (QED) is 0.193. The number of hydrogen-bond acceptors (Lipinski definition) is 8. The molecule has 0 radical (unpaired) electrons. The van der Waals surface area contributed by atoms with Crippen LogP contribution in [0, 0.1) is 17.0 Å². The third-order valence-electron chi connectivity index (χ3n) is 5.14. The molecule has 0 aliphatic heterocycles. The van der Waals surface area contributed by atoms with Crippen LogP contribution in [0.15, 0.2) is 42.5 Å². The molecule has 0 saturated carbocycles. The van der Waals surface area contributed by atoms with Gasteiger partial charge in [-0.25, -0.2) is 0 Å². The molecule has 3 rings (SSSR count). The van der Waals surface area contributed by atoms with Crippen LogP contribution >= 0.6 is 11.6 Å². The van der Waals surface area contributed by atoms with E-state index in [0.29, 0.717) is 38.5 Å². The van der Waals surface area contributed by atoms with E-state index < -0.39 is 23.6 Å². The number of nitrogens with one attached hydrogen (secondary N) is 1. The third-order valence-corrected chi connectivity index (χ3v) is 5.39. The van der Waals surface area contributed by atoms with Crippen LogP contribution in [0.4, 0.5) is 0 Å². The molecule has 0 saturated heterocycles. The first-order chi connectivity index (χ1) is 16.7. The molecule has 12 heteroatoms. The number of amides is 1. The molecule has 0 fully saturated rings. The summed E-state index contributed by atoms with van der Waals surface area (Å²) in [6.45, 7) is 0.707. The maximum absolute atomic E-state index is 13.3. The van der Waals surface area contributed by atoms with E-state index in [1.165, 1.54) is 11.7 Å². The number of benzene rings is 2. The lowest BCUT2D eigenvalue weighted by Crippen LogP contribution is -2.32. The fraction of sp³-hybridized carbons (Fsp3) is 0.261. The Morgan fingerprint density at radius 1 is 1.14 bits per heavy atom. The van der Waals surface area contributed by atoms with Crippen molar-refractivity contribution >= 4 is 40.3 Å². The highest BCUT2D eigenvalue weighted by Gasteiger charge is 2.22. The van der Waals surface area contributed by atoms with E-state index >= 15 is 0 Å². The minimum Gasteiger partial charge on any atom is -0.497 e. The number of rotatable bonds is 10. The van der Waals surface area contributed by atoms with Gasteiger partial charge < -0.3 is 19.6 Å².